The highest BCUT2D eigenvalue weighted by Gasteiger charge is 2.49. The van der Waals surface area contributed by atoms with Crippen molar-refractivity contribution in [3.8, 4) is 5.75 Å². The first-order valence-electron chi connectivity index (χ1n) is 5.16. The van der Waals surface area contributed by atoms with Crippen LogP contribution >= 0.6 is 12.6 Å². The van der Waals surface area contributed by atoms with Crippen LogP contribution in [0, 0.1) is 0 Å². The Morgan fingerprint density at radius 3 is 2.69 bits per heavy atom. The molecule has 1 aromatic rings. The van der Waals surface area contributed by atoms with Crippen LogP contribution in [0.1, 0.15) is 24.0 Å². The summed E-state index contributed by atoms with van der Waals surface area (Å²) < 4.78 is 5.12. The lowest BCUT2D eigenvalue weighted by molar-refractivity contribution is -0.112. The first kappa shape index (κ1) is 11.5. The lowest BCUT2D eigenvalue weighted by Crippen LogP contribution is -2.15. The van der Waals surface area contributed by atoms with Crippen molar-refractivity contribution in [1.29, 1.82) is 0 Å². The number of rotatable bonds is 4. The molecule has 1 aliphatic carbocycles. The summed E-state index contributed by atoms with van der Waals surface area (Å²) >= 11 is 3.93. The Balaban J connectivity index is 2.40. The highest BCUT2D eigenvalue weighted by Crippen LogP contribution is 2.50. The van der Waals surface area contributed by atoms with E-state index in [1.807, 2.05) is 12.1 Å². The molecule has 0 unspecified atom stereocenters. The SMILES string of the molecule is COc1ccc(C2(C(=O)S)CC2)cc1CO. The van der Waals surface area contributed by atoms with Gasteiger partial charge in [0.25, 0.3) is 0 Å². The molecular formula is C12H14O3S. The molecule has 1 fully saturated rings. The molecule has 4 heteroatoms. The largest absolute Gasteiger partial charge is 0.496 e. The first-order valence-corrected chi connectivity index (χ1v) is 5.60. The Kier molecular flexibility index (Phi) is 2.95. The van der Waals surface area contributed by atoms with Gasteiger partial charge in [-0.2, -0.15) is 0 Å². The maximum Gasteiger partial charge on any atom is 0.196 e. The molecule has 1 saturated carbocycles. The van der Waals surface area contributed by atoms with Crippen LogP contribution < -0.4 is 4.74 Å². The number of hydrogen-bond donors (Lipinski definition) is 2. The molecule has 0 bridgehead atoms. The highest BCUT2D eigenvalue weighted by molar-refractivity contribution is 7.96. The van der Waals surface area contributed by atoms with E-state index >= 15 is 0 Å². The molecule has 0 spiro atoms. The summed E-state index contributed by atoms with van der Waals surface area (Å²) in [6.07, 6.45) is 1.68. The summed E-state index contributed by atoms with van der Waals surface area (Å²) in [7, 11) is 1.56. The number of benzene rings is 1. The Morgan fingerprint density at radius 1 is 1.56 bits per heavy atom. The zero-order chi connectivity index (χ0) is 11.8. The van der Waals surface area contributed by atoms with Crippen LogP contribution in [0.25, 0.3) is 0 Å². The molecule has 0 atom stereocenters. The average Bonchev–Trinajstić information content (AvgIpc) is 3.09. The minimum atomic E-state index is -0.417. The van der Waals surface area contributed by atoms with Gasteiger partial charge in [-0.25, -0.2) is 0 Å². The number of aliphatic hydroxyl groups is 1. The van der Waals surface area contributed by atoms with Crippen LogP contribution in [-0.2, 0) is 16.8 Å². The number of aliphatic hydroxyl groups excluding tert-OH is 1. The Labute approximate surface area is 99.8 Å². The lowest BCUT2D eigenvalue weighted by Gasteiger charge is -2.14. The standard InChI is InChI=1S/C12H14O3S/c1-15-10-3-2-9(6-8(10)7-13)12(4-5-12)11(14)16/h2-3,6,13H,4-5,7H2,1H3,(H,14,16). The van der Waals surface area contributed by atoms with Gasteiger partial charge in [0, 0.05) is 5.56 Å². The number of thiol groups is 1. The van der Waals surface area contributed by atoms with Gasteiger partial charge in [0.2, 0.25) is 0 Å². The molecule has 1 aliphatic rings. The predicted octanol–water partition coefficient (Wildman–Crippen LogP) is 1.68. The van der Waals surface area contributed by atoms with Crippen molar-refractivity contribution in [2.24, 2.45) is 0 Å². The summed E-state index contributed by atoms with van der Waals surface area (Å²) in [6.45, 7) is -0.0894. The number of hydrogen-bond acceptors (Lipinski definition) is 3. The summed E-state index contributed by atoms with van der Waals surface area (Å²) in [5, 5.41) is 9.12. The summed E-state index contributed by atoms with van der Waals surface area (Å²) in [4.78, 5) is 11.5. The van der Waals surface area contributed by atoms with E-state index in [2.05, 4.69) is 12.6 Å². The van der Waals surface area contributed by atoms with Crippen molar-refractivity contribution in [1.82, 2.24) is 0 Å². The molecule has 0 aliphatic heterocycles. The molecule has 86 valence electrons. The van der Waals surface area contributed by atoms with Crippen molar-refractivity contribution in [3.63, 3.8) is 0 Å². The molecule has 0 radical (unpaired) electrons. The summed E-state index contributed by atoms with van der Waals surface area (Å²) in [5.41, 5.74) is 1.22. The number of carbonyl (C=O) groups excluding carboxylic acids is 1. The van der Waals surface area contributed by atoms with Crippen LogP contribution in [0.2, 0.25) is 0 Å². The fourth-order valence-corrected chi connectivity index (χ4v) is 2.30. The van der Waals surface area contributed by atoms with Crippen molar-refractivity contribution in [3.05, 3.63) is 29.3 Å². The van der Waals surface area contributed by atoms with Gasteiger partial charge in [0.15, 0.2) is 5.12 Å². The van der Waals surface area contributed by atoms with Crippen molar-refractivity contribution < 1.29 is 14.6 Å². The van der Waals surface area contributed by atoms with E-state index in [0.29, 0.717) is 11.3 Å². The molecule has 2 rings (SSSR count). The van der Waals surface area contributed by atoms with Crippen LogP contribution in [0.4, 0.5) is 0 Å². The van der Waals surface area contributed by atoms with E-state index in [0.717, 1.165) is 18.4 Å². The highest BCUT2D eigenvalue weighted by atomic mass is 32.1. The fraction of sp³-hybridized carbons (Fsp3) is 0.417. The Morgan fingerprint density at radius 2 is 2.25 bits per heavy atom. The van der Waals surface area contributed by atoms with Crippen LogP contribution in [-0.4, -0.2) is 17.3 Å². The monoisotopic (exact) mass is 238 g/mol. The average molecular weight is 238 g/mol. The third-order valence-corrected chi connectivity index (χ3v) is 3.59. The normalized spacial score (nSPS) is 16.9. The molecule has 0 heterocycles. The van der Waals surface area contributed by atoms with Gasteiger partial charge < -0.3 is 9.84 Å². The molecule has 0 aromatic heterocycles. The summed E-state index contributed by atoms with van der Waals surface area (Å²) in [6, 6.07) is 5.50. The van der Waals surface area contributed by atoms with Crippen molar-refractivity contribution in [2.45, 2.75) is 24.9 Å². The molecule has 16 heavy (non-hydrogen) atoms. The van der Waals surface area contributed by atoms with Gasteiger partial charge in [0.05, 0.1) is 19.1 Å². The maximum atomic E-state index is 11.5. The predicted molar refractivity (Wildman–Crippen MR) is 63.8 cm³/mol. The van der Waals surface area contributed by atoms with Gasteiger partial charge in [-0.05, 0) is 30.5 Å². The van der Waals surface area contributed by atoms with Crippen molar-refractivity contribution >= 4 is 17.7 Å². The zero-order valence-corrected chi connectivity index (χ0v) is 9.96. The van der Waals surface area contributed by atoms with Gasteiger partial charge in [-0.15, -0.1) is 12.6 Å². The van der Waals surface area contributed by atoms with E-state index in [1.54, 1.807) is 13.2 Å². The lowest BCUT2D eigenvalue weighted by atomic mass is 9.95. The summed E-state index contributed by atoms with van der Waals surface area (Å²) in [5.74, 6) is 0.647. The van der Waals surface area contributed by atoms with Crippen LogP contribution in [0.15, 0.2) is 18.2 Å². The van der Waals surface area contributed by atoms with E-state index < -0.39 is 5.41 Å². The molecule has 1 aromatic carbocycles. The second-order valence-corrected chi connectivity index (χ2v) is 4.48. The number of carbonyl (C=O) groups is 1. The second-order valence-electron chi connectivity index (χ2n) is 4.07. The quantitative estimate of drug-likeness (QED) is 0.784. The smallest absolute Gasteiger partial charge is 0.196 e. The van der Waals surface area contributed by atoms with Gasteiger partial charge >= 0.3 is 0 Å². The minimum absolute atomic E-state index is 0.0894. The molecule has 1 N–H and O–H groups in total. The second kappa shape index (κ2) is 4.11. The van der Waals surface area contributed by atoms with Crippen molar-refractivity contribution in [2.75, 3.05) is 7.11 Å². The van der Waals surface area contributed by atoms with E-state index in [-0.39, 0.29) is 11.7 Å². The van der Waals surface area contributed by atoms with Crippen LogP contribution in [0.3, 0.4) is 0 Å². The Hall–Kier alpha value is -1.00. The molecule has 0 amide bonds. The topological polar surface area (TPSA) is 46.5 Å². The van der Waals surface area contributed by atoms with E-state index in [9.17, 15) is 9.90 Å². The first-order chi connectivity index (χ1) is 7.64. The third kappa shape index (κ3) is 1.72. The van der Waals surface area contributed by atoms with E-state index in [1.165, 1.54) is 0 Å². The van der Waals surface area contributed by atoms with Gasteiger partial charge in [0.1, 0.15) is 5.75 Å². The number of ether oxygens (including phenoxy) is 1. The molecule has 3 nitrogen and oxygen atoms in total. The Bertz CT molecular complexity index is 424. The number of methoxy groups -OCH3 is 1. The maximum absolute atomic E-state index is 11.5. The van der Waals surface area contributed by atoms with Gasteiger partial charge in [-0.3, -0.25) is 4.79 Å². The minimum Gasteiger partial charge on any atom is -0.496 e. The van der Waals surface area contributed by atoms with Crippen LogP contribution in [0.5, 0.6) is 5.75 Å². The molecule has 0 saturated heterocycles. The molecular weight excluding hydrogens is 224 g/mol. The fourth-order valence-electron chi connectivity index (χ4n) is 1.95. The third-order valence-electron chi connectivity index (χ3n) is 3.16. The van der Waals surface area contributed by atoms with Gasteiger partial charge in [-0.1, -0.05) is 6.07 Å². The zero-order valence-electron chi connectivity index (χ0n) is 9.06. The van der Waals surface area contributed by atoms with E-state index in [4.69, 9.17) is 4.74 Å².